The van der Waals surface area contributed by atoms with Crippen molar-refractivity contribution in [3.05, 3.63) is 0 Å². The van der Waals surface area contributed by atoms with Crippen LogP contribution in [0.25, 0.3) is 0 Å². The van der Waals surface area contributed by atoms with E-state index in [1.807, 2.05) is 4.90 Å². The minimum Gasteiger partial charge on any atom is -0.335 e. The zero-order valence-electron chi connectivity index (χ0n) is 12.1. The third-order valence-corrected chi connectivity index (χ3v) is 4.87. The van der Waals surface area contributed by atoms with Crippen molar-refractivity contribution in [1.29, 1.82) is 0 Å². The van der Waals surface area contributed by atoms with E-state index < -0.39 is 0 Å². The summed E-state index contributed by atoms with van der Waals surface area (Å²) in [5.41, 5.74) is 0. The van der Waals surface area contributed by atoms with E-state index in [1.54, 1.807) is 0 Å². The number of carbonyl (C=O) groups excluding carboxylic acids is 1. The van der Waals surface area contributed by atoms with E-state index in [1.165, 1.54) is 12.8 Å². The fourth-order valence-electron chi connectivity index (χ4n) is 3.32. The van der Waals surface area contributed by atoms with E-state index >= 15 is 0 Å². The smallest absolute Gasteiger partial charge is 0.317 e. The van der Waals surface area contributed by atoms with Crippen LogP contribution in [-0.2, 0) is 0 Å². The van der Waals surface area contributed by atoms with Crippen LogP contribution in [0.1, 0.15) is 52.9 Å². The molecule has 0 aromatic heterocycles. The van der Waals surface area contributed by atoms with Gasteiger partial charge in [-0.05, 0) is 49.9 Å². The van der Waals surface area contributed by atoms with Crippen LogP contribution in [-0.4, -0.2) is 30.1 Å². The van der Waals surface area contributed by atoms with Crippen molar-refractivity contribution in [3.8, 4) is 0 Å². The quantitative estimate of drug-likeness (QED) is 0.763. The lowest BCUT2D eigenvalue weighted by Gasteiger charge is -2.36. The lowest BCUT2D eigenvalue weighted by atomic mass is 9.79. The topological polar surface area (TPSA) is 32.3 Å². The number of amides is 2. The second-order valence-electron chi connectivity index (χ2n) is 6.61. The minimum atomic E-state index is 0.174. The summed E-state index contributed by atoms with van der Waals surface area (Å²) in [7, 11) is 0. The normalized spacial score (nSPS) is 37.4. The molecule has 1 saturated carbocycles. The molecule has 2 aliphatic rings. The summed E-state index contributed by atoms with van der Waals surface area (Å²) in [6.07, 6.45) is 5.98. The van der Waals surface area contributed by atoms with Crippen LogP contribution < -0.4 is 5.32 Å². The van der Waals surface area contributed by atoms with E-state index in [0.717, 1.165) is 44.2 Å². The molecule has 1 aliphatic carbocycles. The number of nitrogens with zero attached hydrogens (tertiary/aromatic N) is 1. The second kappa shape index (κ2) is 5.94. The molecular formula is C15H28N2O. The van der Waals surface area contributed by atoms with Gasteiger partial charge in [0.2, 0.25) is 0 Å². The fraction of sp³-hybridized carbons (Fsp3) is 0.933. The van der Waals surface area contributed by atoms with Gasteiger partial charge in [0.05, 0.1) is 0 Å². The number of likely N-dealkylation sites (tertiary alicyclic amines) is 1. The van der Waals surface area contributed by atoms with Gasteiger partial charge in [-0.15, -0.1) is 0 Å². The van der Waals surface area contributed by atoms with Gasteiger partial charge >= 0.3 is 6.03 Å². The van der Waals surface area contributed by atoms with Gasteiger partial charge in [0, 0.05) is 19.1 Å². The van der Waals surface area contributed by atoms with E-state index in [9.17, 15) is 4.79 Å². The minimum absolute atomic E-state index is 0.174. The Morgan fingerprint density at radius 1 is 1.11 bits per heavy atom. The number of piperidine rings is 1. The van der Waals surface area contributed by atoms with Crippen LogP contribution in [0.2, 0.25) is 0 Å². The predicted octanol–water partition coefficient (Wildman–Crippen LogP) is 3.25. The summed E-state index contributed by atoms with van der Waals surface area (Å²) in [5, 5.41) is 3.25. The van der Waals surface area contributed by atoms with Gasteiger partial charge in [0.15, 0.2) is 0 Å². The van der Waals surface area contributed by atoms with Crippen molar-refractivity contribution < 1.29 is 4.79 Å². The predicted molar refractivity (Wildman–Crippen MR) is 74.5 cm³/mol. The monoisotopic (exact) mass is 252 g/mol. The molecule has 0 aromatic carbocycles. The Labute approximate surface area is 111 Å². The third kappa shape index (κ3) is 3.39. The fourth-order valence-corrected chi connectivity index (χ4v) is 3.32. The molecule has 0 spiro atoms. The lowest BCUT2D eigenvalue weighted by molar-refractivity contribution is 0.156. The maximum atomic E-state index is 12.2. The van der Waals surface area contributed by atoms with E-state index in [2.05, 4.69) is 26.1 Å². The molecule has 2 amide bonds. The Morgan fingerprint density at radius 2 is 1.89 bits per heavy atom. The molecule has 1 N–H and O–H groups in total. The summed E-state index contributed by atoms with van der Waals surface area (Å²) in [6.45, 7) is 8.75. The first-order chi connectivity index (χ1) is 8.56. The van der Waals surface area contributed by atoms with E-state index in [4.69, 9.17) is 0 Å². The van der Waals surface area contributed by atoms with Crippen molar-refractivity contribution in [3.63, 3.8) is 0 Å². The number of urea groups is 1. The molecule has 104 valence electrons. The molecule has 1 aliphatic heterocycles. The zero-order valence-corrected chi connectivity index (χ0v) is 12.1. The molecule has 1 saturated heterocycles. The van der Waals surface area contributed by atoms with Crippen molar-refractivity contribution in [2.45, 2.75) is 58.9 Å². The lowest BCUT2D eigenvalue weighted by Crippen LogP contribution is -2.49. The maximum absolute atomic E-state index is 12.2. The summed E-state index contributed by atoms with van der Waals surface area (Å²) < 4.78 is 0. The summed E-state index contributed by atoms with van der Waals surface area (Å²) in [5.74, 6) is 2.22. The zero-order chi connectivity index (χ0) is 13.1. The highest BCUT2D eigenvalue weighted by Crippen LogP contribution is 2.29. The largest absolute Gasteiger partial charge is 0.335 e. The highest BCUT2D eigenvalue weighted by molar-refractivity contribution is 5.74. The van der Waals surface area contributed by atoms with Crippen molar-refractivity contribution in [2.75, 3.05) is 13.1 Å². The third-order valence-electron chi connectivity index (χ3n) is 4.87. The average Bonchev–Trinajstić information content (AvgIpc) is 2.34. The second-order valence-corrected chi connectivity index (χ2v) is 6.61. The summed E-state index contributed by atoms with van der Waals surface area (Å²) in [6, 6.07) is 0.578. The Morgan fingerprint density at radius 3 is 2.56 bits per heavy atom. The summed E-state index contributed by atoms with van der Waals surface area (Å²) in [4.78, 5) is 14.2. The van der Waals surface area contributed by atoms with Gasteiger partial charge in [0.25, 0.3) is 0 Å². The Kier molecular flexibility index (Phi) is 4.52. The molecule has 4 atom stereocenters. The molecule has 0 radical (unpaired) electrons. The Hall–Kier alpha value is -0.730. The first kappa shape index (κ1) is 13.7. The Bertz CT molecular complexity index is 292. The molecule has 4 unspecified atom stereocenters. The van der Waals surface area contributed by atoms with Gasteiger partial charge in [0.1, 0.15) is 0 Å². The van der Waals surface area contributed by atoms with Crippen LogP contribution in [0, 0.1) is 17.8 Å². The maximum Gasteiger partial charge on any atom is 0.317 e. The van der Waals surface area contributed by atoms with Gasteiger partial charge in [-0.2, -0.15) is 0 Å². The van der Waals surface area contributed by atoms with Gasteiger partial charge < -0.3 is 10.2 Å². The Balaban J connectivity index is 1.80. The van der Waals surface area contributed by atoms with Crippen LogP contribution in [0.3, 0.4) is 0 Å². The molecule has 0 bridgehead atoms. The highest BCUT2D eigenvalue weighted by Gasteiger charge is 2.28. The van der Waals surface area contributed by atoms with Crippen LogP contribution in [0.15, 0.2) is 0 Å². The molecule has 3 heteroatoms. The number of nitrogens with one attached hydrogen (secondary N) is 1. The molecule has 2 fully saturated rings. The first-order valence-corrected chi connectivity index (χ1v) is 7.61. The first-order valence-electron chi connectivity index (χ1n) is 7.61. The van der Waals surface area contributed by atoms with Crippen LogP contribution in [0.4, 0.5) is 4.79 Å². The van der Waals surface area contributed by atoms with Crippen molar-refractivity contribution in [1.82, 2.24) is 10.2 Å². The number of hydrogen-bond acceptors (Lipinski definition) is 1. The number of hydrogen-bond donors (Lipinski definition) is 1. The molecule has 18 heavy (non-hydrogen) atoms. The van der Waals surface area contributed by atoms with Crippen LogP contribution >= 0.6 is 0 Å². The van der Waals surface area contributed by atoms with Crippen molar-refractivity contribution in [2.24, 2.45) is 17.8 Å². The van der Waals surface area contributed by atoms with E-state index in [0.29, 0.717) is 12.0 Å². The molecule has 1 heterocycles. The standard InChI is InChI=1S/C15H28N2O/c1-11-5-4-8-17(10-11)15(18)16-14-7-6-12(2)13(3)9-14/h11-14H,4-10H2,1-3H3,(H,16,18). The van der Waals surface area contributed by atoms with Gasteiger partial charge in [-0.3, -0.25) is 0 Å². The van der Waals surface area contributed by atoms with Gasteiger partial charge in [-0.1, -0.05) is 20.8 Å². The number of rotatable bonds is 1. The molecule has 3 nitrogen and oxygen atoms in total. The molecular weight excluding hydrogens is 224 g/mol. The van der Waals surface area contributed by atoms with Crippen LogP contribution in [0.5, 0.6) is 0 Å². The molecule has 2 rings (SSSR count). The van der Waals surface area contributed by atoms with Crippen molar-refractivity contribution >= 4 is 6.03 Å². The van der Waals surface area contributed by atoms with E-state index in [-0.39, 0.29) is 6.03 Å². The molecule has 0 aromatic rings. The highest BCUT2D eigenvalue weighted by atomic mass is 16.2. The van der Waals surface area contributed by atoms with Gasteiger partial charge in [-0.25, -0.2) is 4.79 Å². The average molecular weight is 252 g/mol. The number of carbonyl (C=O) groups is 1. The SMILES string of the molecule is CC1CCCN(C(=O)NC2CCC(C)C(C)C2)C1. The summed E-state index contributed by atoms with van der Waals surface area (Å²) >= 11 is 0.